The average Bonchev–Trinajstić information content (AvgIpc) is 2.84. The minimum Gasteiger partial charge on any atom is -0.496 e. The molecule has 9 heteroatoms. The van der Waals surface area contributed by atoms with Crippen molar-refractivity contribution in [3.8, 4) is 17.2 Å². The van der Waals surface area contributed by atoms with Crippen LogP contribution in [0, 0.1) is 5.82 Å². The molecule has 3 rings (SSSR count). The number of nitrogens with zero attached hydrogens (tertiary/aromatic N) is 1. The number of rotatable bonds is 9. The largest absolute Gasteiger partial charge is 0.496 e. The summed E-state index contributed by atoms with van der Waals surface area (Å²) in [4.78, 5) is 26.4. The lowest BCUT2D eigenvalue weighted by Crippen LogP contribution is -2.36. The predicted molar refractivity (Wildman–Crippen MR) is 128 cm³/mol. The monoisotopic (exact) mass is 474 g/mol. The van der Waals surface area contributed by atoms with E-state index in [0.717, 1.165) is 11.1 Å². The zero-order chi connectivity index (χ0) is 23.8. The lowest BCUT2D eigenvalue weighted by molar-refractivity contribution is -0.127. The highest BCUT2D eigenvalue weighted by atomic mass is 32.2. The predicted octanol–water partition coefficient (Wildman–Crippen LogP) is 3.84. The molecule has 33 heavy (non-hydrogen) atoms. The summed E-state index contributed by atoms with van der Waals surface area (Å²) in [6, 6.07) is 9.58. The fourth-order valence-electron chi connectivity index (χ4n) is 3.52. The first-order valence-electron chi connectivity index (χ1n) is 10.4. The number of thioether (sulfide) groups is 1. The first kappa shape index (κ1) is 24.4. The van der Waals surface area contributed by atoms with Crippen LogP contribution in [0.5, 0.6) is 17.2 Å². The second kappa shape index (κ2) is 11.6. The van der Waals surface area contributed by atoms with Crippen molar-refractivity contribution in [2.75, 3.05) is 51.2 Å². The molecule has 0 bridgehead atoms. The van der Waals surface area contributed by atoms with Crippen LogP contribution in [0.4, 0.5) is 10.1 Å². The molecular weight excluding hydrogens is 447 g/mol. The number of halogens is 1. The minimum absolute atomic E-state index is 0.0531. The molecule has 0 saturated heterocycles. The Morgan fingerprint density at radius 1 is 1.06 bits per heavy atom. The van der Waals surface area contributed by atoms with E-state index in [4.69, 9.17) is 14.2 Å². The summed E-state index contributed by atoms with van der Waals surface area (Å²) in [5.74, 6) is 1.27. The summed E-state index contributed by atoms with van der Waals surface area (Å²) in [6.45, 7) is 0.999. The van der Waals surface area contributed by atoms with E-state index < -0.39 is 5.82 Å². The molecule has 2 amide bonds. The molecule has 0 spiro atoms. The quantitative estimate of drug-likeness (QED) is 0.595. The molecule has 0 radical (unpaired) electrons. The molecule has 0 aromatic heterocycles. The number of hydrogen-bond donors (Lipinski definition) is 1. The van der Waals surface area contributed by atoms with Gasteiger partial charge in [-0.25, -0.2) is 4.39 Å². The highest BCUT2D eigenvalue weighted by molar-refractivity contribution is 8.00. The van der Waals surface area contributed by atoms with Gasteiger partial charge in [-0.05, 0) is 24.1 Å². The molecule has 0 aliphatic carbocycles. The molecule has 1 aliphatic heterocycles. The SMILES string of the molecule is COc1cc(OC)c(C2=CCN(C(=O)CSCC(=O)Nc3ccccc3F)CC2)c(OC)c1. The van der Waals surface area contributed by atoms with Crippen molar-refractivity contribution in [3.05, 3.63) is 53.9 Å². The normalized spacial score (nSPS) is 13.2. The van der Waals surface area contributed by atoms with E-state index in [9.17, 15) is 14.0 Å². The van der Waals surface area contributed by atoms with Gasteiger partial charge in [-0.1, -0.05) is 18.2 Å². The Balaban J connectivity index is 1.55. The van der Waals surface area contributed by atoms with Gasteiger partial charge in [0.1, 0.15) is 23.1 Å². The molecule has 0 saturated carbocycles. The molecule has 1 N–H and O–H groups in total. The van der Waals surface area contributed by atoms with Crippen LogP contribution < -0.4 is 19.5 Å². The number of benzene rings is 2. The molecule has 1 aliphatic rings. The Bertz CT molecular complexity index is 1020. The Kier molecular flexibility index (Phi) is 8.59. The Labute approximate surface area is 196 Å². The lowest BCUT2D eigenvalue weighted by Gasteiger charge is -2.28. The summed E-state index contributed by atoms with van der Waals surface area (Å²) >= 11 is 1.20. The number of anilines is 1. The second-order valence-electron chi connectivity index (χ2n) is 7.25. The molecule has 0 atom stereocenters. The van der Waals surface area contributed by atoms with Gasteiger partial charge in [0.05, 0.1) is 44.1 Å². The number of carbonyl (C=O) groups is 2. The molecule has 0 fully saturated rings. The van der Waals surface area contributed by atoms with Crippen LogP contribution in [-0.2, 0) is 9.59 Å². The number of nitrogens with one attached hydrogen (secondary N) is 1. The summed E-state index contributed by atoms with van der Waals surface area (Å²) < 4.78 is 30.0. The Morgan fingerprint density at radius 2 is 1.76 bits per heavy atom. The molecule has 0 unspecified atom stereocenters. The fourth-order valence-corrected chi connectivity index (χ4v) is 4.23. The number of hydrogen-bond acceptors (Lipinski definition) is 6. The summed E-state index contributed by atoms with van der Waals surface area (Å²) in [7, 11) is 4.77. The standard InChI is InChI=1S/C24H27FN2O5S/c1-30-17-12-20(31-2)24(21(13-17)32-3)16-8-10-27(11-9-16)23(29)15-33-14-22(28)26-19-7-5-4-6-18(19)25/h4-8,12-13H,9-11,14-15H2,1-3H3,(H,26,28). The van der Waals surface area contributed by atoms with Crippen LogP contribution in [0.1, 0.15) is 12.0 Å². The third kappa shape index (κ3) is 6.19. The van der Waals surface area contributed by atoms with Crippen molar-refractivity contribution < 1.29 is 28.2 Å². The van der Waals surface area contributed by atoms with E-state index in [1.165, 1.54) is 23.9 Å². The molecule has 176 valence electrons. The third-order valence-corrected chi connectivity index (χ3v) is 6.12. The highest BCUT2D eigenvalue weighted by Gasteiger charge is 2.23. The fraction of sp³-hybridized carbons (Fsp3) is 0.333. The Morgan fingerprint density at radius 3 is 2.33 bits per heavy atom. The second-order valence-corrected chi connectivity index (χ2v) is 8.23. The van der Waals surface area contributed by atoms with Crippen LogP contribution in [-0.4, -0.2) is 62.6 Å². The average molecular weight is 475 g/mol. The molecule has 7 nitrogen and oxygen atoms in total. The van der Waals surface area contributed by atoms with Crippen LogP contribution >= 0.6 is 11.8 Å². The van der Waals surface area contributed by atoms with Gasteiger partial charge in [0.25, 0.3) is 0 Å². The van der Waals surface area contributed by atoms with Crippen molar-refractivity contribution in [1.29, 1.82) is 0 Å². The van der Waals surface area contributed by atoms with Gasteiger partial charge in [-0.2, -0.15) is 0 Å². The molecule has 2 aromatic carbocycles. The van der Waals surface area contributed by atoms with Crippen molar-refractivity contribution in [2.45, 2.75) is 6.42 Å². The van der Waals surface area contributed by atoms with E-state index in [2.05, 4.69) is 5.32 Å². The molecular formula is C24H27FN2O5S. The van der Waals surface area contributed by atoms with Gasteiger partial charge >= 0.3 is 0 Å². The van der Waals surface area contributed by atoms with Gasteiger partial charge in [0, 0.05) is 25.2 Å². The van der Waals surface area contributed by atoms with Crippen LogP contribution in [0.3, 0.4) is 0 Å². The van der Waals surface area contributed by atoms with Crippen LogP contribution in [0.25, 0.3) is 5.57 Å². The van der Waals surface area contributed by atoms with Crippen molar-refractivity contribution >= 4 is 34.8 Å². The van der Waals surface area contributed by atoms with Crippen molar-refractivity contribution in [3.63, 3.8) is 0 Å². The number of ether oxygens (including phenoxy) is 3. The zero-order valence-electron chi connectivity index (χ0n) is 18.9. The van der Waals surface area contributed by atoms with E-state index in [1.807, 2.05) is 6.08 Å². The number of carbonyl (C=O) groups excluding carboxylic acids is 2. The smallest absolute Gasteiger partial charge is 0.234 e. The number of amides is 2. The lowest BCUT2D eigenvalue weighted by atomic mass is 9.97. The van der Waals surface area contributed by atoms with Gasteiger partial charge in [-0.3, -0.25) is 9.59 Å². The Hall–Kier alpha value is -3.20. The minimum atomic E-state index is -0.493. The van der Waals surface area contributed by atoms with Gasteiger partial charge in [0.2, 0.25) is 11.8 Å². The van der Waals surface area contributed by atoms with E-state index in [0.29, 0.717) is 36.8 Å². The maximum Gasteiger partial charge on any atom is 0.234 e. The topological polar surface area (TPSA) is 77.1 Å². The number of methoxy groups -OCH3 is 3. The van der Waals surface area contributed by atoms with Gasteiger partial charge < -0.3 is 24.4 Å². The first-order chi connectivity index (χ1) is 16.0. The van der Waals surface area contributed by atoms with Gasteiger partial charge in [-0.15, -0.1) is 11.8 Å². The van der Waals surface area contributed by atoms with Crippen molar-refractivity contribution in [1.82, 2.24) is 4.90 Å². The van der Waals surface area contributed by atoms with E-state index in [-0.39, 0.29) is 29.0 Å². The molecule has 1 heterocycles. The maximum absolute atomic E-state index is 13.6. The number of para-hydroxylation sites is 1. The third-order valence-electron chi connectivity index (χ3n) is 5.20. The zero-order valence-corrected chi connectivity index (χ0v) is 19.7. The summed E-state index contributed by atoms with van der Waals surface area (Å²) in [6.07, 6.45) is 2.63. The first-order valence-corrected chi connectivity index (χ1v) is 11.5. The molecule has 2 aromatic rings. The summed E-state index contributed by atoms with van der Waals surface area (Å²) in [5, 5.41) is 2.52. The maximum atomic E-state index is 13.6. The van der Waals surface area contributed by atoms with Crippen LogP contribution in [0.15, 0.2) is 42.5 Å². The highest BCUT2D eigenvalue weighted by Crippen LogP contribution is 2.40. The van der Waals surface area contributed by atoms with Crippen molar-refractivity contribution in [2.24, 2.45) is 0 Å². The van der Waals surface area contributed by atoms with Crippen LogP contribution in [0.2, 0.25) is 0 Å². The van der Waals surface area contributed by atoms with E-state index >= 15 is 0 Å². The van der Waals surface area contributed by atoms with E-state index in [1.54, 1.807) is 50.5 Å². The van der Waals surface area contributed by atoms with Gasteiger partial charge in [0.15, 0.2) is 0 Å². The summed E-state index contributed by atoms with van der Waals surface area (Å²) in [5.41, 5.74) is 2.02.